The van der Waals surface area contributed by atoms with Crippen LogP contribution in [0.4, 0.5) is 0 Å². The molecule has 0 aliphatic rings. The molecule has 4 heteroatoms. The molecule has 2 heterocycles. The lowest BCUT2D eigenvalue weighted by molar-refractivity contribution is 0.590. The second kappa shape index (κ2) is 5.28. The Bertz CT molecular complexity index is 745. The number of nitrogens with zero attached hydrogens (tertiary/aromatic N) is 2. The minimum absolute atomic E-state index is 0.183. The lowest BCUT2D eigenvalue weighted by Crippen LogP contribution is -2.10. The topological polar surface area (TPSA) is 43.3 Å². The molecule has 0 saturated carbocycles. The van der Waals surface area contributed by atoms with Crippen molar-refractivity contribution in [3.63, 3.8) is 0 Å². The van der Waals surface area contributed by atoms with Gasteiger partial charge in [0, 0.05) is 17.5 Å². The van der Waals surface area contributed by atoms with Crippen molar-refractivity contribution < 1.29 is 0 Å². The third-order valence-electron chi connectivity index (χ3n) is 3.77. The molecule has 2 aromatic heterocycles. The lowest BCUT2D eigenvalue weighted by Gasteiger charge is -2.19. The van der Waals surface area contributed by atoms with E-state index >= 15 is 0 Å². The first kappa shape index (κ1) is 14.3. The fourth-order valence-corrected chi connectivity index (χ4v) is 3.43. The van der Waals surface area contributed by atoms with Gasteiger partial charge in [-0.3, -0.25) is 4.40 Å². The quantitative estimate of drug-likeness (QED) is 0.798. The molecule has 2 N–H and O–H groups in total. The average molecular weight is 299 g/mol. The molecule has 0 atom stereocenters. The van der Waals surface area contributed by atoms with Gasteiger partial charge >= 0.3 is 0 Å². The first-order valence-electron chi connectivity index (χ1n) is 7.25. The van der Waals surface area contributed by atoms with Gasteiger partial charge in [0.25, 0.3) is 0 Å². The fraction of sp³-hybridized carbons (Fsp3) is 0.353. The number of aromatic nitrogens is 2. The summed E-state index contributed by atoms with van der Waals surface area (Å²) in [7, 11) is 0. The van der Waals surface area contributed by atoms with E-state index in [4.69, 9.17) is 5.73 Å². The van der Waals surface area contributed by atoms with Gasteiger partial charge in [0.2, 0.25) is 0 Å². The summed E-state index contributed by atoms with van der Waals surface area (Å²) < 4.78 is 2.23. The number of imidazole rings is 1. The van der Waals surface area contributed by atoms with Gasteiger partial charge in [0.1, 0.15) is 0 Å². The normalized spacial score (nSPS) is 12.2. The van der Waals surface area contributed by atoms with Crippen LogP contribution in [-0.4, -0.2) is 15.9 Å². The van der Waals surface area contributed by atoms with Crippen molar-refractivity contribution >= 4 is 16.3 Å². The maximum atomic E-state index is 5.70. The predicted octanol–water partition coefficient (Wildman–Crippen LogP) is 3.86. The third-order valence-corrected chi connectivity index (χ3v) is 4.61. The van der Waals surface area contributed by atoms with Gasteiger partial charge in [-0.1, -0.05) is 45.0 Å². The van der Waals surface area contributed by atoms with E-state index in [0.717, 1.165) is 11.4 Å². The summed E-state index contributed by atoms with van der Waals surface area (Å²) in [6.07, 6.45) is 2.79. The molecule has 0 bridgehead atoms. The van der Waals surface area contributed by atoms with E-state index in [-0.39, 0.29) is 5.41 Å². The Balaban J connectivity index is 2.06. The van der Waals surface area contributed by atoms with Crippen LogP contribution in [0.15, 0.2) is 35.8 Å². The molecule has 21 heavy (non-hydrogen) atoms. The fourth-order valence-electron chi connectivity index (χ4n) is 2.53. The second-order valence-electron chi connectivity index (χ2n) is 6.35. The summed E-state index contributed by atoms with van der Waals surface area (Å²) in [6.45, 7) is 7.35. The Kier molecular flexibility index (Phi) is 3.59. The number of benzene rings is 1. The number of nitrogens with two attached hydrogens (primary N) is 1. The molecule has 0 fully saturated rings. The highest BCUT2D eigenvalue weighted by Gasteiger charge is 2.15. The van der Waals surface area contributed by atoms with Crippen molar-refractivity contribution in [2.24, 2.45) is 5.73 Å². The standard InChI is InChI=1S/C17H21N3S/c1-17(2,3)13-6-4-12(5-7-13)15-11-21-16-19-10-14(8-9-18)20(15)16/h4-7,10-11H,8-9,18H2,1-3H3. The SMILES string of the molecule is CC(C)(C)c1ccc(-c2csc3ncc(CCN)n23)cc1. The molecule has 0 amide bonds. The molecule has 0 spiro atoms. The zero-order chi connectivity index (χ0) is 15.0. The largest absolute Gasteiger partial charge is 0.330 e. The van der Waals surface area contributed by atoms with E-state index in [1.165, 1.54) is 22.5 Å². The molecule has 3 aromatic rings. The van der Waals surface area contributed by atoms with Crippen molar-refractivity contribution in [1.82, 2.24) is 9.38 Å². The highest BCUT2D eigenvalue weighted by molar-refractivity contribution is 7.15. The molecule has 1 aromatic carbocycles. The van der Waals surface area contributed by atoms with E-state index in [2.05, 4.69) is 59.8 Å². The maximum Gasteiger partial charge on any atom is 0.194 e. The summed E-state index contributed by atoms with van der Waals surface area (Å²) in [4.78, 5) is 5.50. The van der Waals surface area contributed by atoms with Crippen LogP contribution in [0.1, 0.15) is 32.0 Å². The van der Waals surface area contributed by atoms with Gasteiger partial charge in [0.05, 0.1) is 11.9 Å². The summed E-state index contributed by atoms with van der Waals surface area (Å²) in [5.74, 6) is 0. The van der Waals surface area contributed by atoms with Gasteiger partial charge in [-0.15, -0.1) is 11.3 Å². The zero-order valence-corrected chi connectivity index (χ0v) is 13.6. The van der Waals surface area contributed by atoms with Crippen LogP contribution < -0.4 is 5.73 Å². The van der Waals surface area contributed by atoms with Gasteiger partial charge in [0.15, 0.2) is 4.96 Å². The van der Waals surface area contributed by atoms with Crippen LogP contribution >= 0.6 is 11.3 Å². The average Bonchev–Trinajstić information content (AvgIpc) is 3.01. The van der Waals surface area contributed by atoms with Crippen LogP contribution in [0.2, 0.25) is 0 Å². The maximum absolute atomic E-state index is 5.70. The van der Waals surface area contributed by atoms with Gasteiger partial charge in [-0.05, 0) is 23.1 Å². The summed E-state index contributed by atoms with van der Waals surface area (Å²) >= 11 is 1.68. The van der Waals surface area contributed by atoms with E-state index in [1.807, 2.05) is 6.20 Å². The minimum Gasteiger partial charge on any atom is -0.330 e. The predicted molar refractivity (Wildman–Crippen MR) is 90.0 cm³/mol. The van der Waals surface area contributed by atoms with E-state index in [9.17, 15) is 0 Å². The van der Waals surface area contributed by atoms with E-state index in [1.54, 1.807) is 11.3 Å². The molecule has 3 rings (SSSR count). The monoisotopic (exact) mass is 299 g/mol. The highest BCUT2D eigenvalue weighted by atomic mass is 32.1. The lowest BCUT2D eigenvalue weighted by atomic mass is 9.86. The van der Waals surface area contributed by atoms with Gasteiger partial charge in [-0.2, -0.15) is 0 Å². The van der Waals surface area contributed by atoms with Crippen molar-refractivity contribution in [1.29, 1.82) is 0 Å². The molecule has 110 valence electrons. The van der Waals surface area contributed by atoms with Gasteiger partial charge in [-0.25, -0.2) is 4.98 Å². The van der Waals surface area contributed by atoms with Crippen molar-refractivity contribution in [3.05, 3.63) is 47.1 Å². The van der Waals surface area contributed by atoms with Crippen LogP contribution in [-0.2, 0) is 11.8 Å². The first-order valence-corrected chi connectivity index (χ1v) is 8.13. The number of fused-ring (bicyclic) bond motifs is 1. The van der Waals surface area contributed by atoms with Crippen LogP contribution in [0.25, 0.3) is 16.2 Å². The number of hydrogen-bond donors (Lipinski definition) is 1. The molecule has 0 unspecified atom stereocenters. The first-order chi connectivity index (χ1) is 10.0. The molecule has 0 aliphatic carbocycles. The zero-order valence-electron chi connectivity index (χ0n) is 12.8. The van der Waals surface area contributed by atoms with Crippen molar-refractivity contribution in [2.75, 3.05) is 6.54 Å². The second-order valence-corrected chi connectivity index (χ2v) is 7.19. The Labute approximate surface area is 129 Å². The Morgan fingerprint density at radius 2 is 1.90 bits per heavy atom. The molecular weight excluding hydrogens is 278 g/mol. The number of hydrogen-bond acceptors (Lipinski definition) is 3. The summed E-state index contributed by atoms with van der Waals surface area (Å²) in [6, 6.07) is 8.85. The third kappa shape index (κ3) is 2.61. The van der Waals surface area contributed by atoms with Crippen molar-refractivity contribution in [2.45, 2.75) is 32.6 Å². The van der Waals surface area contributed by atoms with Crippen LogP contribution in [0.3, 0.4) is 0 Å². The smallest absolute Gasteiger partial charge is 0.194 e. The molecule has 0 radical (unpaired) electrons. The Morgan fingerprint density at radius 1 is 1.19 bits per heavy atom. The van der Waals surface area contributed by atoms with E-state index in [0.29, 0.717) is 6.54 Å². The van der Waals surface area contributed by atoms with Crippen LogP contribution in [0, 0.1) is 0 Å². The number of rotatable bonds is 3. The van der Waals surface area contributed by atoms with Gasteiger partial charge < -0.3 is 5.73 Å². The Hall–Kier alpha value is -1.65. The molecular formula is C17H21N3S. The van der Waals surface area contributed by atoms with E-state index < -0.39 is 0 Å². The van der Waals surface area contributed by atoms with Crippen molar-refractivity contribution in [3.8, 4) is 11.3 Å². The molecule has 3 nitrogen and oxygen atoms in total. The molecule has 0 saturated heterocycles. The van der Waals surface area contributed by atoms with Crippen LogP contribution in [0.5, 0.6) is 0 Å². The number of thiazole rings is 1. The Morgan fingerprint density at radius 3 is 2.52 bits per heavy atom. The minimum atomic E-state index is 0.183. The summed E-state index contributed by atoms with van der Waals surface area (Å²) in [5.41, 5.74) is 10.8. The highest BCUT2D eigenvalue weighted by Crippen LogP contribution is 2.30. The molecule has 0 aliphatic heterocycles. The summed E-state index contributed by atoms with van der Waals surface area (Å²) in [5, 5.41) is 2.18.